The number of aromatic amines is 1. The topological polar surface area (TPSA) is 70.7 Å². The van der Waals surface area contributed by atoms with Gasteiger partial charge in [-0.1, -0.05) is 0 Å². The Hall–Kier alpha value is -3.06. The van der Waals surface area contributed by atoms with Crippen LogP contribution >= 0.6 is 11.3 Å². The summed E-state index contributed by atoms with van der Waals surface area (Å²) in [5.41, 5.74) is 2.45. The van der Waals surface area contributed by atoms with Crippen LogP contribution in [0.5, 0.6) is 0 Å². The number of pyridine rings is 1. The van der Waals surface area contributed by atoms with Crippen molar-refractivity contribution in [3.05, 3.63) is 69.5 Å². The Bertz CT molecular complexity index is 1060. The van der Waals surface area contributed by atoms with Gasteiger partial charge in [-0.15, -0.1) is 0 Å². The van der Waals surface area contributed by atoms with Crippen molar-refractivity contribution >= 4 is 34.0 Å². The smallest absolute Gasteiger partial charge is 0.262 e. The van der Waals surface area contributed by atoms with Crippen LogP contribution in [-0.2, 0) is 0 Å². The van der Waals surface area contributed by atoms with Gasteiger partial charge in [-0.3, -0.25) is 9.78 Å². The van der Waals surface area contributed by atoms with Gasteiger partial charge < -0.3 is 5.32 Å². The molecule has 0 unspecified atom stereocenters. The van der Waals surface area contributed by atoms with Gasteiger partial charge in [0.2, 0.25) is 5.95 Å². The number of rotatable bonds is 3. The van der Waals surface area contributed by atoms with Crippen LogP contribution < -0.4 is 10.9 Å². The second kappa shape index (κ2) is 5.86. The highest BCUT2D eigenvalue weighted by atomic mass is 32.1. The Labute approximate surface area is 139 Å². The van der Waals surface area contributed by atoms with E-state index >= 15 is 0 Å². The molecule has 7 heteroatoms. The summed E-state index contributed by atoms with van der Waals surface area (Å²) in [6.07, 6.45) is 1.63. The van der Waals surface area contributed by atoms with Crippen LogP contribution in [0.3, 0.4) is 0 Å². The van der Waals surface area contributed by atoms with E-state index in [1.807, 2.05) is 16.8 Å². The Morgan fingerprint density at radius 1 is 1.12 bits per heavy atom. The maximum absolute atomic E-state index is 13.0. The Kier molecular flexibility index (Phi) is 3.55. The average Bonchev–Trinajstić information content (AvgIpc) is 3.11. The molecule has 118 valence electrons. The summed E-state index contributed by atoms with van der Waals surface area (Å²) < 4.78 is 13.0. The molecule has 0 spiro atoms. The van der Waals surface area contributed by atoms with Crippen molar-refractivity contribution in [2.24, 2.45) is 0 Å². The molecule has 4 aromatic rings. The monoisotopic (exact) mass is 338 g/mol. The summed E-state index contributed by atoms with van der Waals surface area (Å²) in [7, 11) is 0. The highest BCUT2D eigenvalue weighted by Gasteiger charge is 2.11. The first-order valence-corrected chi connectivity index (χ1v) is 8.09. The summed E-state index contributed by atoms with van der Waals surface area (Å²) >= 11 is 1.56. The van der Waals surface area contributed by atoms with Crippen molar-refractivity contribution in [2.45, 2.75) is 0 Å². The Morgan fingerprint density at radius 3 is 2.71 bits per heavy atom. The lowest BCUT2D eigenvalue weighted by molar-refractivity contribution is 0.628. The lowest BCUT2D eigenvalue weighted by Crippen LogP contribution is -2.13. The summed E-state index contributed by atoms with van der Waals surface area (Å²) in [4.78, 5) is 23.8. The van der Waals surface area contributed by atoms with E-state index in [4.69, 9.17) is 0 Å². The normalized spacial score (nSPS) is 10.9. The molecule has 0 aliphatic carbocycles. The third-order valence-electron chi connectivity index (χ3n) is 3.55. The summed E-state index contributed by atoms with van der Waals surface area (Å²) in [5.74, 6) is -0.0725. The van der Waals surface area contributed by atoms with Crippen molar-refractivity contribution in [2.75, 3.05) is 5.32 Å². The van der Waals surface area contributed by atoms with Crippen molar-refractivity contribution in [1.29, 1.82) is 0 Å². The van der Waals surface area contributed by atoms with E-state index in [1.54, 1.807) is 35.7 Å². The Balaban J connectivity index is 1.81. The van der Waals surface area contributed by atoms with E-state index in [2.05, 4.69) is 20.3 Å². The second-order valence-corrected chi connectivity index (χ2v) is 5.90. The summed E-state index contributed by atoms with van der Waals surface area (Å²) in [6, 6.07) is 9.53. The molecule has 24 heavy (non-hydrogen) atoms. The van der Waals surface area contributed by atoms with E-state index in [0.717, 1.165) is 11.1 Å². The van der Waals surface area contributed by atoms with Gasteiger partial charge in [0.15, 0.2) is 5.65 Å². The maximum Gasteiger partial charge on any atom is 0.262 e. The van der Waals surface area contributed by atoms with Crippen molar-refractivity contribution in [3.8, 4) is 11.1 Å². The predicted molar refractivity (Wildman–Crippen MR) is 93.2 cm³/mol. The first kappa shape index (κ1) is 14.5. The maximum atomic E-state index is 13.0. The third kappa shape index (κ3) is 2.65. The molecule has 4 rings (SSSR count). The van der Waals surface area contributed by atoms with Gasteiger partial charge in [0.25, 0.3) is 5.56 Å². The fourth-order valence-electron chi connectivity index (χ4n) is 2.45. The fourth-order valence-corrected chi connectivity index (χ4v) is 3.11. The molecule has 0 radical (unpaired) electrons. The average molecular weight is 338 g/mol. The van der Waals surface area contributed by atoms with Gasteiger partial charge in [-0.25, -0.2) is 9.37 Å². The number of nitrogens with one attached hydrogen (secondary N) is 2. The standard InChI is InChI=1S/C17H11FN4OS/c18-11-1-3-12(4-2-11)20-17-21-15-14(16(23)22-17)13(5-7-19-15)10-6-8-24-9-10/h1-9H,(H2,19,20,21,22,23). The SMILES string of the molecule is O=c1[nH]c(Nc2ccc(F)cc2)nc2nccc(-c3ccsc3)c12. The van der Waals surface area contributed by atoms with Crippen LogP contribution in [0.1, 0.15) is 0 Å². The minimum Gasteiger partial charge on any atom is -0.326 e. The molecular weight excluding hydrogens is 327 g/mol. The van der Waals surface area contributed by atoms with Gasteiger partial charge in [-0.2, -0.15) is 16.3 Å². The zero-order valence-electron chi connectivity index (χ0n) is 12.3. The van der Waals surface area contributed by atoms with E-state index < -0.39 is 0 Å². The highest BCUT2D eigenvalue weighted by Crippen LogP contribution is 2.26. The molecule has 0 bridgehead atoms. The molecule has 0 aliphatic rings. The number of fused-ring (bicyclic) bond motifs is 1. The van der Waals surface area contributed by atoms with Crippen LogP contribution in [0.4, 0.5) is 16.0 Å². The van der Waals surface area contributed by atoms with Gasteiger partial charge in [-0.05, 0) is 52.7 Å². The van der Waals surface area contributed by atoms with Crippen LogP contribution in [0.15, 0.2) is 58.1 Å². The van der Waals surface area contributed by atoms with Crippen LogP contribution in [0.2, 0.25) is 0 Å². The van der Waals surface area contributed by atoms with E-state index in [0.29, 0.717) is 16.7 Å². The molecule has 0 saturated carbocycles. The number of hydrogen-bond acceptors (Lipinski definition) is 5. The number of hydrogen-bond donors (Lipinski definition) is 2. The van der Waals surface area contributed by atoms with Crippen molar-refractivity contribution in [3.63, 3.8) is 0 Å². The minimum absolute atomic E-state index is 0.258. The number of halogens is 1. The number of nitrogens with zero attached hydrogens (tertiary/aromatic N) is 2. The number of anilines is 2. The lowest BCUT2D eigenvalue weighted by Gasteiger charge is -2.07. The predicted octanol–water partition coefficient (Wildman–Crippen LogP) is 3.93. The molecular formula is C17H11FN4OS. The molecule has 5 nitrogen and oxygen atoms in total. The number of thiophene rings is 1. The van der Waals surface area contributed by atoms with Crippen LogP contribution in [0.25, 0.3) is 22.2 Å². The molecule has 3 aromatic heterocycles. The molecule has 0 atom stereocenters. The van der Waals surface area contributed by atoms with Crippen molar-refractivity contribution in [1.82, 2.24) is 15.0 Å². The number of benzene rings is 1. The quantitative estimate of drug-likeness (QED) is 0.594. The largest absolute Gasteiger partial charge is 0.326 e. The first-order valence-electron chi connectivity index (χ1n) is 7.15. The van der Waals surface area contributed by atoms with E-state index in [-0.39, 0.29) is 17.3 Å². The zero-order valence-corrected chi connectivity index (χ0v) is 13.1. The summed E-state index contributed by atoms with van der Waals surface area (Å²) in [5, 5.41) is 7.32. The fraction of sp³-hybridized carbons (Fsp3) is 0. The van der Waals surface area contributed by atoms with Gasteiger partial charge in [0.05, 0.1) is 5.39 Å². The molecule has 0 fully saturated rings. The van der Waals surface area contributed by atoms with E-state index in [1.165, 1.54) is 12.1 Å². The Morgan fingerprint density at radius 2 is 1.96 bits per heavy atom. The van der Waals surface area contributed by atoms with Crippen LogP contribution in [0, 0.1) is 5.82 Å². The molecule has 0 amide bonds. The minimum atomic E-state index is -0.331. The molecule has 1 aromatic carbocycles. The van der Waals surface area contributed by atoms with Crippen molar-refractivity contribution < 1.29 is 4.39 Å². The molecule has 0 aliphatic heterocycles. The number of aromatic nitrogens is 3. The lowest BCUT2D eigenvalue weighted by atomic mass is 10.1. The van der Waals surface area contributed by atoms with Crippen LogP contribution in [-0.4, -0.2) is 15.0 Å². The molecule has 2 N–H and O–H groups in total. The first-order chi connectivity index (χ1) is 11.7. The molecule has 3 heterocycles. The third-order valence-corrected chi connectivity index (χ3v) is 4.23. The highest BCUT2D eigenvalue weighted by molar-refractivity contribution is 7.08. The zero-order chi connectivity index (χ0) is 16.5. The summed E-state index contributed by atoms with van der Waals surface area (Å²) in [6.45, 7) is 0. The number of H-pyrrole nitrogens is 1. The molecule has 0 saturated heterocycles. The second-order valence-electron chi connectivity index (χ2n) is 5.12. The van der Waals surface area contributed by atoms with E-state index in [9.17, 15) is 9.18 Å². The van der Waals surface area contributed by atoms with Gasteiger partial charge >= 0.3 is 0 Å². The van der Waals surface area contributed by atoms with Gasteiger partial charge in [0.1, 0.15) is 5.82 Å². The van der Waals surface area contributed by atoms with Gasteiger partial charge in [0, 0.05) is 17.4 Å².